The van der Waals surface area contributed by atoms with E-state index in [0.29, 0.717) is 12.6 Å². The number of aryl methyl sites for hydroxylation is 1. The van der Waals surface area contributed by atoms with Crippen molar-refractivity contribution < 1.29 is 4.74 Å². The lowest BCUT2D eigenvalue weighted by Crippen LogP contribution is -2.24. The fraction of sp³-hybridized carbons (Fsp3) is 0.294. The van der Waals surface area contributed by atoms with E-state index < -0.39 is 0 Å². The highest BCUT2D eigenvalue weighted by Crippen LogP contribution is 2.16. The SMILES string of the molecule is Cc1ccccc1[C@H](C)NCCOc1ccccc1. The molecule has 0 aromatic heterocycles. The maximum Gasteiger partial charge on any atom is 0.119 e. The molecule has 2 rings (SSSR count). The summed E-state index contributed by atoms with van der Waals surface area (Å²) in [6, 6.07) is 18.7. The van der Waals surface area contributed by atoms with Crippen molar-refractivity contribution in [2.75, 3.05) is 13.2 Å². The molecule has 0 unspecified atom stereocenters. The maximum atomic E-state index is 5.66. The molecule has 0 bridgehead atoms. The van der Waals surface area contributed by atoms with Crippen molar-refractivity contribution in [3.63, 3.8) is 0 Å². The summed E-state index contributed by atoms with van der Waals surface area (Å²) in [6.07, 6.45) is 0. The molecule has 100 valence electrons. The number of benzene rings is 2. The first kappa shape index (κ1) is 13.6. The van der Waals surface area contributed by atoms with Gasteiger partial charge in [0, 0.05) is 12.6 Å². The van der Waals surface area contributed by atoms with Crippen LogP contribution in [0, 0.1) is 6.92 Å². The lowest BCUT2D eigenvalue weighted by Gasteiger charge is -2.16. The van der Waals surface area contributed by atoms with Crippen LogP contribution in [0.1, 0.15) is 24.1 Å². The molecule has 0 spiro atoms. The van der Waals surface area contributed by atoms with Gasteiger partial charge in [-0.05, 0) is 37.1 Å². The quantitative estimate of drug-likeness (QED) is 0.794. The summed E-state index contributed by atoms with van der Waals surface area (Å²) in [4.78, 5) is 0. The van der Waals surface area contributed by atoms with Crippen molar-refractivity contribution in [3.05, 3.63) is 65.7 Å². The average Bonchev–Trinajstić information content (AvgIpc) is 2.45. The summed E-state index contributed by atoms with van der Waals surface area (Å²) < 4.78 is 5.66. The summed E-state index contributed by atoms with van der Waals surface area (Å²) in [5.41, 5.74) is 2.67. The smallest absolute Gasteiger partial charge is 0.119 e. The van der Waals surface area contributed by atoms with Crippen LogP contribution in [0.4, 0.5) is 0 Å². The third-order valence-corrected chi connectivity index (χ3v) is 3.22. The van der Waals surface area contributed by atoms with Gasteiger partial charge in [0.05, 0.1) is 0 Å². The third-order valence-electron chi connectivity index (χ3n) is 3.22. The predicted molar refractivity (Wildman–Crippen MR) is 79.5 cm³/mol. The standard InChI is InChI=1S/C17H21NO/c1-14-8-6-7-11-17(14)15(2)18-12-13-19-16-9-4-3-5-10-16/h3-11,15,18H,12-13H2,1-2H3/t15-/m0/s1. The minimum absolute atomic E-state index is 0.348. The first-order valence-corrected chi connectivity index (χ1v) is 6.74. The monoisotopic (exact) mass is 255 g/mol. The van der Waals surface area contributed by atoms with E-state index in [1.807, 2.05) is 30.3 Å². The zero-order chi connectivity index (χ0) is 13.5. The second-order valence-electron chi connectivity index (χ2n) is 4.69. The van der Waals surface area contributed by atoms with Gasteiger partial charge in [0.1, 0.15) is 12.4 Å². The molecular weight excluding hydrogens is 234 g/mol. The predicted octanol–water partition coefficient (Wildman–Crippen LogP) is 3.72. The highest BCUT2D eigenvalue weighted by molar-refractivity contribution is 5.28. The number of hydrogen-bond donors (Lipinski definition) is 1. The zero-order valence-electron chi connectivity index (χ0n) is 11.6. The van der Waals surface area contributed by atoms with Crippen molar-refractivity contribution in [3.8, 4) is 5.75 Å². The van der Waals surface area contributed by atoms with Gasteiger partial charge in [-0.15, -0.1) is 0 Å². The molecule has 0 aliphatic heterocycles. The van der Waals surface area contributed by atoms with E-state index in [2.05, 4.69) is 43.4 Å². The first-order valence-electron chi connectivity index (χ1n) is 6.74. The van der Waals surface area contributed by atoms with Crippen LogP contribution in [0.3, 0.4) is 0 Å². The molecule has 0 aliphatic rings. The zero-order valence-corrected chi connectivity index (χ0v) is 11.6. The second-order valence-corrected chi connectivity index (χ2v) is 4.69. The van der Waals surface area contributed by atoms with Crippen LogP contribution < -0.4 is 10.1 Å². The first-order chi connectivity index (χ1) is 9.27. The second kappa shape index (κ2) is 6.95. The molecule has 0 fully saturated rings. The minimum Gasteiger partial charge on any atom is -0.492 e. The van der Waals surface area contributed by atoms with Crippen molar-refractivity contribution in [1.29, 1.82) is 0 Å². The van der Waals surface area contributed by atoms with Gasteiger partial charge in [-0.2, -0.15) is 0 Å². The summed E-state index contributed by atoms with van der Waals surface area (Å²) in [5.74, 6) is 0.924. The van der Waals surface area contributed by atoms with Crippen LogP contribution in [-0.2, 0) is 0 Å². The third kappa shape index (κ3) is 4.11. The molecule has 0 heterocycles. The van der Waals surface area contributed by atoms with Gasteiger partial charge < -0.3 is 10.1 Å². The Labute approximate surface area is 115 Å². The van der Waals surface area contributed by atoms with Crippen LogP contribution >= 0.6 is 0 Å². The molecule has 2 aromatic carbocycles. The average molecular weight is 255 g/mol. The van der Waals surface area contributed by atoms with E-state index >= 15 is 0 Å². The Kier molecular flexibility index (Phi) is 4.99. The number of rotatable bonds is 6. The van der Waals surface area contributed by atoms with Crippen molar-refractivity contribution in [2.45, 2.75) is 19.9 Å². The molecule has 2 aromatic rings. The Morgan fingerprint density at radius 2 is 1.68 bits per heavy atom. The van der Waals surface area contributed by atoms with Gasteiger partial charge in [-0.3, -0.25) is 0 Å². The molecule has 0 radical (unpaired) electrons. The molecular formula is C17H21NO. The van der Waals surface area contributed by atoms with Crippen LogP contribution in [0.5, 0.6) is 5.75 Å². The molecule has 0 saturated heterocycles. The molecule has 1 N–H and O–H groups in total. The molecule has 2 heteroatoms. The van der Waals surface area contributed by atoms with Gasteiger partial charge in [-0.1, -0.05) is 42.5 Å². The van der Waals surface area contributed by atoms with Crippen molar-refractivity contribution in [1.82, 2.24) is 5.32 Å². The van der Waals surface area contributed by atoms with E-state index in [0.717, 1.165) is 12.3 Å². The Bertz CT molecular complexity index is 496. The van der Waals surface area contributed by atoms with Gasteiger partial charge in [0.15, 0.2) is 0 Å². The Morgan fingerprint density at radius 1 is 1.00 bits per heavy atom. The Hall–Kier alpha value is -1.80. The van der Waals surface area contributed by atoms with Crippen molar-refractivity contribution in [2.24, 2.45) is 0 Å². The van der Waals surface area contributed by atoms with Gasteiger partial charge in [0.2, 0.25) is 0 Å². The van der Waals surface area contributed by atoms with Crippen LogP contribution in [0.2, 0.25) is 0 Å². The van der Waals surface area contributed by atoms with Crippen LogP contribution in [0.15, 0.2) is 54.6 Å². The van der Waals surface area contributed by atoms with E-state index in [4.69, 9.17) is 4.74 Å². The topological polar surface area (TPSA) is 21.3 Å². The van der Waals surface area contributed by atoms with Gasteiger partial charge in [-0.25, -0.2) is 0 Å². The summed E-state index contributed by atoms with van der Waals surface area (Å²) in [5, 5.41) is 3.48. The van der Waals surface area contributed by atoms with Crippen molar-refractivity contribution >= 4 is 0 Å². The minimum atomic E-state index is 0.348. The molecule has 19 heavy (non-hydrogen) atoms. The maximum absolute atomic E-state index is 5.66. The Balaban J connectivity index is 1.76. The molecule has 0 aliphatic carbocycles. The molecule has 0 amide bonds. The largest absolute Gasteiger partial charge is 0.492 e. The van der Waals surface area contributed by atoms with E-state index in [9.17, 15) is 0 Å². The number of nitrogens with one attached hydrogen (secondary N) is 1. The van der Waals surface area contributed by atoms with Crippen LogP contribution in [0.25, 0.3) is 0 Å². The number of ether oxygens (including phenoxy) is 1. The normalized spacial score (nSPS) is 12.1. The lowest BCUT2D eigenvalue weighted by atomic mass is 10.0. The van der Waals surface area contributed by atoms with E-state index in [1.54, 1.807) is 0 Å². The van der Waals surface area contributed by atoms with Gasteiger partial charge in [0.25, 0.3) is 0 Å². The fourth-order valence-electron chi connectivity index (χ4n) is 2.14. The lowest BCUT2D eigenvalue weighted by molar-refractivity contribution is 0.307. The summed E-state index contributed by atoms with van der Waals surface area (Å²) >= 11 is 0. The molecule has 2 nitrogen and oxygen atoms in total. The molecule has 0 saturated carbocycles. The highest BCUT2D eigenvalue weighted by Gasteiger charge is 2.06. The highest BCUT2D eigenvalue weighted by atomic mass is 16.5. The van der Waals surface area contributed by atoms with E-state index in [1.165, 1.54) is 11.1 Å². The number of hydrogen-bond acceptors (Lipinski definition) is 2. The summed E-state index contributed by atoms with van der Waals surface area (Å²) in [7, 11) is 0. The summed E-state index contributed by atoms with van der Waals surface area (Å²) in [6.45, 7) is 5.85. The van der Waals surface area contributed by atoms with E-state index in [-0.39, 0.29) is 0 Å². The molecule has 1 atom stereocenters. The van der Waals surface area contributed by atoms with Crippen LogP contribution in [-0.4, -0.2) is 13.2 Å². The fourth-order valence-corrected chi connectivity index (χ4v) is 2.14. The Morgan fingerprint density at radius 3 is 2.42 bits per heavy atom. The number of para-hydroxylation sites is 1. The van der Waals surface area contributed by atoms with Gasteiger partial charge >= 0.3 is 0 Å².